The van der Waals surface area contributed by atoms with Gasteiger partial charge in [-0.25, -0.2) is 4.98 Å². The van der Waals surface area contributed by atoms with Crippen molar-refractivity contribution in [3.8, 4) is 28.5 Å². The second-order valence-corrected chi connectivity index (χ2v) is 6.81. The van der Waals surface area contributed by atoms with Crippen molar-refractivity contribution in [3.63, 3.8) is 0 Å². The summed E-state index contributed by atoms with van der Waals surface area (Å²) in [5.41, 5.74) is 8.24. The van der Waals surface area contributed by atoms with Crippen LogP contribution >= 0.6 is 46.4 Å². The average molecular weight is 409 g/mol. The van der Waals surface area contributed by atoms with E-state index in [0.29, 0.717) is 42.5 Å². The van der Waals surface area contributed by atoms with Gasteiger partial charge in [-0.2, -0.15) is 5.26 Å². The van der Waals surface area contributed by atoms with E-state index in [1.54, 1.807) is 42.5 Å². The molecule has 3 rings (SSSR count). The number of hydrogen-bond acceptors (Lipinski definition) is 3. The summed E-state index contributed by atoms with van der Waals surface area (Å²) in [6.07, 6.45) is 0. The minimum Gasteiger partial charge on any atom is -0.383 e. The molecule has 0 aliphatic heterocycles. The maximum Gasteiger partial charge on any atom is 0.142 e. The molecule has 0 aliphatic rings. The Kier molecular flexibility index (Phi) is 5.08. The lowest BCUT2D eigenvalue weighted by molar-refractivity contribution is 1.31. The quantitative estimate of drug-likeness (QED) is 0.527. The van der Waals surface area contributed by atoms with Crippen LogP contribution in [0.25, 0.3) is 22.4 Å². The molecule has 0 atom stereocenters. The first-order valence-corrected chi connectivity index (χ1v) is 8.54. The predicted molar refractivity (Wildman–Crippen MR) is 104 cm³/mol. The van der Waals surface area contributed by atoms with Crippen LogP contribution in [0.5, 0.6) is 0 Å². The Labute approximate surface area is 164 Å². The molecule has 0 spiro atoms. The van der Waals surface area contributed by atoms with Gasteiger partial charge in [-0.05, 0) is 36.4 Å². The Balaban J connectivity index is 2.35. The van der Waals surface area contributed by atoms with Crippen molar-refractivity contribution in [2.75, 3.05) is 5.73 Å². The number of anilines is 1. The van der Waals surface area contributed by atoms with E-state index in [2.05, 4.69) is 11.1 Å². The average Bonchev–Trinajstić information content (AvgIpc) is 2.56. The van der Waals surface area contributed by atoms with Crippen molar-refractivity contribution in [2.45, 2.75) is 0 Å². The first-order valence-electron chi connectivity index (χ1n) is 7.02. The molecule has 0 saturated heterocycles. The topological polar surface area (TPSA) is 62.7 Å². The van der Waals surface area contributed by atoms with Crippen LogP contribution in [0.3, 0.4) is 0 Å². The fraction of sp³-hybridized carbons (Fsp3) is 0. The fourth-order valence-corrected chi connectivity index (χ4v) is 3.45. The van der Waals surface area contributed by atoms with Crippen molar-refractivity contribution in [3.05, 3.63) is 68.1 Å². The van der Waals surface area contributed by atoms with E-state index in [1.165, 1.54) is 0 Å². The first-order chi connectivity index (χ1) is 11.9. The van der Waals surface area contributed by atoms with Gasteiger partial charge >= 0.3 is 0 Å². The van der Waals surface area contributed by atoms with Crippen LogP contribution in [-0.2, 0) is 0 Å². The predicted octanol–water partition coefficient (Wildman–Crippen LogP) is 6.48. The van der Waals surface area contributed by atoms with Gasteiger partial charge in [0.15, 0.2) is 0 Å². The standard InChI is InChI=1S/C18H9Cl4N3/c19-9-4-5-13(20)11(6-9)16-7-10(12(8-23)18(24)25-16)17-14(21)2-1-3-15(17)22/h1-7H,(H2,24,25). The number of benzene rings is 2. The Bertz CT molecular complexity index is 1010. The molecule has 0 bridgehead atoms. The second-order valence-electron chi connectivity index (χ2n) is 5.15. The molecule has 0 unspecified atom stereocenters. The van der Waals surface area contributed by atoms with Crippen molar-refractivity contribution >= 4 is 52.2 Å². The van der Waals surface area contributed by atoms with Crippen LogP contribution in [0.1, 0.15) is 5.56 Å². The molecule has 0 saturated carbocycles. The summed E-state index contributed by atoms with van der Waals surface area (Å²) in [4.78, 5) is 4.29. The highest BCUT2D eigenvalue weighted by Gasteiger charge is 2.18. The summed E-state index contributed by atoms with van der Waals surface area (Å²) in [5.74, 6) is 0.0574. The second kappa shape index (κ2) is 7.11. The molecule has 3 aromatic rings. The lowest BCUT2D eigenvalue weighted by Crippen LogP contribution is -2.00. The van der Waals surface area contributed by atoms with E-state index < -0.39 is 0 Å². The van der Waals surface area contributed by atoms with Gasteiger partial charge in [-0.1, -0.05) is 52.5 Å². The number of pyridine rings is 1. The third-order valence-corrected chi connectivity index (χ3v) is 4.79. The van der Waals surface area contributed by atoms with Gasteiger partial charge in [-0.15, -0.1) is 0 Å². The monoisotopic (exact) mass is 407 g/mol. The van der Waals surface area contributed by atoms with Crippen LogP contribution < -0.4 is 5.73 Å². The molecule has 124 valence electrons. The van der Waals surface area contributed by atoms with Crippen LogP contribution in [0.2, 0.25) is 20.1 Å². The Hall–Kier alpha value is -1.96. The number of nitrogen functional groups attached to an aromatic ring is 1. The van der Waals surface area contributed by atoms with Crippen LogP contribution in [-0.4, -0.2) is 4.98 Å². The lowest BCUT2D eigenvalue weighted by atomic mass is 9.98. The summed E-state index contributed by atoms with van der Waals surface area (Å²) >= 11 is 24.9. The zero-order valence-corrected chi connectivity index (χ0v) is 15.5. The maximum atomic E-state index is 9.50. The van der Waals surface area contributed by atoms with Crippen molar-refractivity contribution in [1.82, 2.24) is 4.98 Å². The molecule has 2 aromatic carbocycles. The molecule has 0 aliphatic carbocycles. The SMILES string of the molecule is N#Cc1c(-c2c(Cl)cccc2Cl)cc(-c2cc(Cl)ccc2Cl)nc1N. The largest absolute Gasteiger partial charge is 0.383 e. The van der Waals surface area contributed by atoms with Crippen molar-refractivity contribution < 1.29 is 0 Å². The zero-order chi connectivity index (χ0) is 18.1. The number of nitrogens with two attached hydrogens (primary N) is 1. The first kappa shape index (κ1) is 17.8. The van der Waals surface area contributed by atoms with Crippen LogP contribution in [0.4, 0.5) is 5.82 Å². The molecule has 3 nitrogen and oxygen atoms in total. The highest BCUT2D eigenvalue weighted by Crippen LogP contribution is 2.40. The molecule has 0 amide bonds. The van der Waals surface area contributed by atoms with E-state index in [1.807, 2.05) is 0 Å². The van der Waals surface area contributed by atoms with Gasteiger partial charge in [-0.3, -0.25) is 0 Å². The van der Waals surface area contributed by atoms with Gasteiger partial charge in [0, 0.05) is 31.8 Å². The molecule has 25 heavy (non-hydrogen) atoms. The zero-order valence-electron chi connectivity index (χ0n) is 12.5. The molecule has 0 fully saturated rings. The van der Waals surface area contributed by atoms with Gasteiger partial charge in [0.25, 0.3) is 0 Å². The van der Waals surface area contributed by atoms with E-state index in [0.717, 1.165) is 0 Å². The van der Waals surface area contributed by atoms with Gasteiger partial charge in [0.2, 0.25) is 0 Å². The van der Waals surface area contributed by atoms with Crippen molar-refractivity contribution in [2.24, 2.45) is 0 Å². The normalized spacial score (nSPS) is 10.5. The number of nitrogens with zero attached hydrogens (tertiary/aromatic N) is 2. The molecule has 1 aromatic heterocycles. The maximum absolute atomic E-state index is 9.50. The minimum atomic E-state index is 0.0574. The third kappa shape index (κ3) is 3.40. The summed E-state index contributed by atoms with van der Waals surface area (Å²) in [7, 11) is 0. The summed E-state index contributed by atoms with van der Waals surface area (Å²) in [6.45, 7) is 0. The highest BCUT2D eigenvalue weighted by molar-refractivity contribution is 6.39. The van der Waals surface area contributed by atoms with E-state index in [4.69, 9.17) is 52.1 Å². The number of halogens is 4. The molecular weight excluding hydrogens is 400 g/mol. The van der Waals surface area contributed by atoms with Gasteiger partial charge < -0.3 is 5.73 Å². The molecule has 1 heterocycles. The molecular formula is C18H9Cl4N3. The highest BCUT2D eigenvalue weighted by atomic mass is 35.5. The summed E-state index contributed by atoms with van der Waals surface area (Å²) in [6, 6.07) is 13.8. The minimum absolute atomic E-state index is 0.0574. The Morgan fingerprint density at radius 1 is 0.880 bits per heavy atom. The Morgan fingerprint density at radius 2 is 1.56 bits per heavy atom. The van der Waals surface area contributed by atoms with E-state index in [-0.39, 0.29) is 11.4 Å². The van der Waals surface area contributed by atoms with Crippen LogP contribution in [0, 0.1) is 11.3 Å². The van der Waals surface area contributed by atoms with E-state index >= 15 is 0 Å². The van der Waals surface area contributed by atoms with Crippen LogP contribution in [0.15, 0.2) is 42.5 Å². The third-order valence-electron chi connectivity index (χ3n) is 3.60. The Morgan fingerprint density at radius 3 is 2.20 bits per heavy atom. The smallest absolute Gasteiger partial charge is 0.142 e. The summed E-state index contributed by atoms with van der Waals surface area (Å²) < 4.78 is 0. The molecule has 2 N–H and O–H groups in total. The molecule has 7 heteroatoms. The number of nitriles is 1. The van der Waals surface area contributed by atoms with Gasteiger partial charge in [0.1, 0.15) is 17.5 Å². The van der Waals surface area contributed by atoms with E-state index in [9.17, 15) is 5.26 Å². The fourth-order valence-electron chi connectivity index (χ4n) is 2.47. The van der Waals surface area contributed by atoms with Gasteiger partial charge in [0.05, 0.1) is 10.7 Å². The van der Waals surface area contributed by atoms with Crippen molar-refractivity contribution in [1.29, 1.82) is 5.26 Å². The lowest BCUT2D eigenvalue weighted by Gasteiger charge is -2.13. The number of hydrogen-bond donors (Lipinski definition) is 1. The molecule has 0 radical (unpaired) electrons. The number of rotatable bonds is 2. The summed E-state index contributed by atoms with van der Waals surface area (Å²) in [5, 5.41) is 11.3. The number of aromatic nitrogens is 1.